The van der Waals surface area contributed by atoms with Crippen LogP contribution in [0.5, 0.6) is 0 Å². The third-order valence-corrected chi connectivity index (χ3v) is 5.02. The Morgan fingerprint density at radius 2 is 1.93 bits per heavy atom. The van der Waals surface area contributed by atoms with Crippen LogP contribution in [0.4, 0.5) is 0 Å². The number of tetrazole rings is 1. The third kappa shape index (κ3) is 6.10. The van der Waals surface area contributed by atoms with Gasteiger partial charge >= 0.3 is 5.97 Å². The number of aromatic nitrogens is 4. The smallest absolute Gasteiger partial charge is 0.306 e. The Balaban J connectivity index is 2.19. The monoisotopic (exact) mass is 395 g/mol. The maximum Gasteiger partial charge on any atom is 0.306 e. The van der Waals surface area contributed by atoms with E-state index in [0.717, 1.165) is 12.8 Å². The van der Waals surface area contributed by atoms with Gasteiger partial charge in [-0.2, -0.15) is 4.68 Å². The van der Waals surface area contributed by atoms with Crippen LogP contribution < -0.4 is 0 Å². The Kier molecular flexibility index (Phi) is 7.03. The summed E-state index contributed by atoms with van der Waals surface area (Å²) >= 11 is 0. The molecule has 0 spiro atoms. The molecule has 10 heteroatoms. The molecule has 0 N–H and O–H groups in total. The number of hydrogen-bond acceptors (Lipinski definition) is 8. The average Bonchev–Trinajstić information content (AvgIpc) is 3.06. The Bertz CT molecular complexity index is 862. The minimum atomic E-state index is -3.26. The lowest BCUT2D eigenvalue weighted by molar-refractivity contribution is -0.141. The highest BCUT2D eigenvalue weighted by atomic mass is 32.2. The molecule has 0 aliphatic carbocycles. The number of esters is 1. The quantitative estimate of drug-likeness (QED) is 0.581. The maximum atomic E-state index is 11.6. The van der Waals surface area contributed by atoms with Crippen molar-refractivity contribution in [3.63, 3.8) is 0 Å². The fourth-order valence-corrected chi connectivity index (χ4v) is 3.27. The number of ether oxygens (including phenoxy) is 1. The van der Waals surface area contributed by atoms with Gasteiger partial charge in [0.2, 0.25) is 0 Å². The van der Waals surface area contributed by atoms with Crippen molar-refractivity contribution < 1.29 is 17.9 Å². The summed E-state index contributed by atoms with van der Waals surface area (Å²) in [6.45, 7) is 5.95. The Labute approximate surface area is 159 Å². The van der Waals surface area contributed by atoms with Crippen molar-refractivity contribution in [2.75, 3.05) is 26.5 Å². The minimum absolute atomic E-state index is 0.236. The Morgan fingerprint density at radius 3 is 2.48 bits per heavy atom. The van der Waals surface area contributed by atoms with Gasteiger partial charge < -0.3 is 4.74 Å². The molecule has 0 aliphatic heterocycles. The third-order valence-electron chi connectivity index (χ3n) is 3.89. The van der Waals surface area contributed by atoms with Crippen LogP contribution in [0.2, 0.25) is 0 Å². The molecule has 0 atom stereocenters. The van der Waals surface area contributed by atoms with Gasteiger partial charge in [0.25, 0.3) is 0 Å². The molecule has 9 nitrogen and oxygen atoms in total. The summed E-state index contributed by atoms with van der Waals surface area (Å²) in [4.78, 5) is 13.8. The standard InChI is InChI=1S/C17H25N5O4S/c1-13(2)11-21(10-9-17(23)26-3)12-16-18-19-20-22(16)14-5-7-15(8-6-14)27(4,24)25/h5-8,13H,9-12H2,1-4H3. The molecule has 0 radical (unpaired) electrons. The summed E-state index contributed by atoms with van der Waals surface area (Å²) in [5, 5.41) is 11.8. The zero-order valence-corrected chi connectivity index (χ0v) is 16.8. The molecule has 0 saturated heterocycles. The molecule has 1 aromatic heterocycles. The van der Waals surface area contributed by atoms with E-state index < -0.39 is 9.84 Å². The lowest BCUT2D eigenvalue weighted by Gasteiger charge is -2.23. The molecule has 2 aromatic rings. The average molecular weight is 395 g/mol. The molecule has 0 fully saturated rings. The fourth-order valence-electron chi connectivity index (χ4n) is 2.64. The first-order valence-corrected chi connectivity index (χ1v) is 10.5. The summed E-state index contributed by atoms with van der Waals surface area (Å²) in [5.41, 5.74) is 0.667. The molecule has 0 aliphatic rings. The molecule has 2 rings (SSSR count). The lowest BCUT2D eigenvalue weighted by atomic mass is 10.2. The highest BCUT2D eigenvalue weighted by Crippen LogP contribution is 2.15. The highest BCUT2D eigenvalue weighted by molar-refractivity contribution is 7.90. The maximum absolute atomic E-state index is 11.6. The summed E-state index contributed by atoms with van der Waals surface area (Å²) in [5.74, 6) is 0.744. The van der Waals surface area contributed by atoms with Crippen molar-refractivity contribution in [1.82, 2.24) is 25.1 Å². The van der Waals surface area contributed by atoms with E-state index in [2.05, 4.69) is 34.3 Å². The molecule has 0 amide bonds. The molecule has 27 heavy (non-hydrogen) atoms. The Morgan fingerprint density at radius 1 is 1.26 bits per heavy atom. The zero-order chi connectivity index (χ0) is 20.0. The number of rotatable bonds is 9. The van der Waals surface area contributed by atoms with E-state index in [1.54, 1.807) is 16.8 Å². The molecular weight excluding hydrogens is 370 g/mol. The van der Waals surface area contributed by atoms with E-state index in [0.29, 0.717) is 30.5 Å². The second-order valence-electron chi connectivity index (χ2n) is 6.73. The number of hydrogen-bond donors (Lipinski definition) is 0. The topological polar surface area (TPSA) is 107 Å². The molecule has 0 unspecified atom stereocenters. The van der Waals surface area contributed by atoms with Gasteiger partial charge in [0.05, 0.1) is 30.7 Å². The molecular formula is C17H25N5O4S. The van der Waals surface area contributed by atoms with E-state index in [-0.39, 0.29) is 17.3 Å². The van der Waals surface area contributed by atoms with E-state index in [1.165, 1.54) is 19.2 Å². The van der Waals surface area contributed by atoms with Gasteiger partial charge in [-0.05, 0) is 40.6 Å². The molecule has 0 saturated carbocycles. The van der Waals surface area contributed by atoms with Gasteiger partial charge in [0.15, 0.2) is 15.7 Å². The first kappa shape index (κ1) is 21.0. The van der Waals surface area contributed by atoms with Crippen LogP contribution in [-0.4, -0.2) is 65.9 Å². The van der Waals surface area contributed by atoms with Gasteiger partial charge in [-0.3, -0.25) is 9.69 Å². The zero-order valence-electron chi connectivity index (χ0n) is 16.0. The van der Waals surface area contributed by atoms with Gasteiger partial charge in [-0.1, -0.05) is 13.8 Å². The van der Waals surface area contributed by atoms with Crippen molar-refractivity contribution in [1.29, 1.82) is 0 Å². The SMILES string of the molecule is COC(=O)CCN(Cc1nnnn1-c1ccc(S(C)(=O)=O)cc1)CC(C)C. The Hall–Kier alpha value is -2.33. The number of carbonyl (C=O) groups is 1. The van der Waals surface area contributed by atoms with Crippen molar-refractivity contribution >= 4 is 15.8 Å². The first-order valence-electron chi connectivity index (χ1n) is 8.57. The minimum Gasteiger partial charge on any atom is -0.469 e. The van der Waals surface area contributed by atoms with Crippen LogP contribution in [0.15, 0.2) is 29.2 Å². The highest BCUT2D eigenvalue weighted by Gasteiger charge is 2.16. The van der Waals surface area contributed by atoms with Crippen molar-refractivity contribution in [2.24, 2.45) is 5.92 Å². The van der Waals surface area contributed by atoms with Crippen LogP contribution in [-0.2, 0) is 25.9 Å². The number of sulfone groups is 1. The fraction of sp³-hybridized carbons (Fsp3) is 0.529. The van der Waals surface area contributed by atoms with Crippen molar-refractivity contribution in [3.8, 4) is 5.69 Å². The summed E-state index contributed by atoms with van der Waals surface area (Å²) in [6, 6.07) is 6.38. The molecule has 1 aromatic carbocycles. The normalized spacial score (nSPS) is 11.9. The van der Waals surface area contributed by atoms with E-state index in [1.807, 2.05) is 0 Å². The van der Waals surface area contributed by atoms with Gasteiger partial charge in [0, 0.05) is 19.3 Å². The van der Waals surface area contributed by atoms with Gasteiger partial charge in [-0.25, -0.2) is 8.42 Å². The largest absolute Gasteiger partial charge is 0.469 e. The van der Waals surface area contributed by atoms with Crippen molar-refractivity contribution in [2.45, 2.75) is 31.7 Å². The number of nitrogens with zero attached hydrogens (tertiary/aromatic N) is 5. The van der Waals surface area contributed by atoms with Gasteiger partial charge in [-0.15, -0.1) is 5.10 Å². The van der Waals surface area contributed by atoms with Crippen LogP contribution >= 0.6 is 0 Å². The van der Waals surface area contributed by atoms with E-state index in [9.17, 15) is 13.2 Å². The van der Waals surface area contributed by atoms with Crippen LogP contribution in [0.1, 0.15) is 26.1 Å². The number of carbonyl (C=O) groups excluding carboxylic acids is 1. The molecule has 1 heterocycles. The van der Waals surface area contributed by atoms with E-state index >= 15 is 0 Å². The second kappa shape index (κ2) is 9.05. The predicted octanol–water partition coefficient (Wildman–Crippen LogP) is 1.09. The van der Waals surface area contributed by atoms with Crippen LogP contribution in [0.25, 0.3) is 5.69 Å². The molecule has 0 bridgehead atoms. The summed E-state index contributed by atoms with van der Waals surface area (Å²) < 4.78 is 29.5. The first-order chi connectivity index (χ1) is 12.7. The second-order valence-corrected chi connectivity index (χ2v) is 8.74. The predicted molar refractivity (Wildman–Crippen MR) is 99.0 cm³/mol. The van der Waals surface area contributed by atoms with Crippen LogP contribution in [0, 0.1) is 5.92 Å². The lowest BCUT2D eigenvalue weighted by Crippen LogP contribution is -2.31. The summed E-state index contributed by atoms with van der Waals surface area (Å²) in [6.07, 6.45) is 1.45. The van der Waals surface area contributed by atoms with Gasteiger partial charge in [0.1, 0.15) is 0 Å². The summed E-state index contributed by atoms with van der Waals surface area (Å²) in [7, 11) is -1.89. The van der Waals surface area contributed by atoms with E-state index in [4.69, 9.17) is 4.74 Å². The van der Waals surface area contributed by atoms with Crippen molar-refractivity contribution in [3.05, 3.63) is 30.1 Å². The molecule has 148 valence electrons. The number of methoxy groups -OCH3 is 1. The van der Waals surface area contributed by atoms with Crippen LogP contribution in [0.3, 0.4) is 0 Å². The number of benzene rings is 1.